The summed E-state index contributed by atoms with van der Waals surface area (Å²) >= 11 is 0. The van der Waals surface area contributed by atoms with Gasteiger partial charge in [0.15, 0.2) is 0 Å². The fourth-order valence-electron chi connectivity index (χ4n) is 2.42. The monoisotopic (exact) mass is 289 g/mol. The molecule has 21 heavy (non-hydrogen) atoms. The molecule has 6 heteroatoms. The molecule has 0 aliphatic carbocycles. The van der Waals surface area contributed by atoms with E-state index in [1.165, 1.54) is 11.6 Å². The minimum Gasteiger partial charge on any atom is -0.351 e. The number of carbonyl (C=O) groups is 1. The molecule has 0 saturated carbocycles. The van der Waals surface area contributed by atoms with Crippen LogP contribution in [0.4, 0.5) is 5.69 Å². The fraction of sp³-hybridized carbons (Fsp3) is 0.400. The largest absolute Gasteiger partial charge is 0.351 e. The van der Waals surface area contributed by atoms with E-state index in [-0.39, 0.29) is 17.2 Å². The van der Waals surface area contributed by atoms with E-state index in [4.69, 9.17) is 0 Å². The van der Waals surface area contributed by atoms with Crippen molar-refractivity contribution < 1.29 is 9.72 Å². The van der Waals surface area contributed by atoms with Gasteiger partial charge in [0.25, 0.3) is 11.6 Å². The van der Waals surface area contributed by atoms with Gasteiger partial charge in [-0.15, -0.1) is 0 Å². The molecule has 2 N–H and O–H groups in total. The summed E-state index contributed by atoms with van der Waals surface area (Å²) in [4.78, 5) is 22.7. The number of rotatable bonds is 5. The van der Waals surface area contributed by atoms with Crippen LogP contribution in [-0.4, -0.2) is 30.5 Å². The van der Waals surface area contributed by atoms with Crippen LogP contribution < -0.4 is 10.6 Å². The highest BCUT2D eigenvalue weighted by atomic mass is 16.6. The van der Waals surface area contributed by atoms with Crippen LogP contribution in [-0.2, 0) is 0 Å². The number of nitro groups is 1. The van der Waals surface area contributed by atoms with Crippen molar-refractivity contribution in [2.24, 2.45) is 0 Å². The summed E-state index contributed by atoms with van der Waals surface area (Å²) in [5.41, 5.74) is 1.94. The zero-order valence-corrected chi connectivity index (χ0v) is 12.0. The summed E-state index contributed by atoms with van der Waals surface area (Å²) in [6.07, 6.45) is 3.90. The standard InChI is InChI=1S/C15H19N3O3/c1-11-3-2-4-13(18(20)21)14(11)15(19)17-10-7-12-5-8-16-9-6-12/h2-5,16H,6-10H2,1H3,(H,17,19). The average Bonchev–Trinajstić information content (AvgIpc) is 2.47. The smallest absolute Gasteiger partial charge is 0.282 e. The maximum atomic E-state index is 12.2. The molecule has 0 bridgehead atoms. The third-order valence-electron chi connectivity index (χ3n) is 3.56. The number of aryl methyl sites for hydroxylation is 1. The maximum absolute atomic E-state index is 12.2. The Hall–Kier alpha value is -2.21. The fourth-order valence-corrected chi connectivity index (χ4v) is 2.42. The Labute approximate surface area is 123 Å². The van der Waals surface area contributed by atoms with E-state index in [0.717, 1.165) is 25.9 Å². The van der Waals surface area contributed by atoms with Gasteiger partial charge in [-0.3, -0.25) is 14.9 Å². The van der Waals surface area contributed by atoms with Gasteiger partial charge in [-0.2, -0.15) is 0 Å². The Morgan fingerprint density at radius 3 is 2.95 bits per heavy atom. The SMILES string of the molecule is Cc1cccc([N+](=O)[O-])c1C(=O)NCCC1=CCNCC1. The third-order valence-corrected chi connectivity index (χ3v) is 3.56. The summed E-state index contributed by atoms with van der Waals surface area (Å²) in [7, 11) is 0. The van der Waals surface area contributed by atoms with Crippen molar-refractivity contribution >= 4 is 11.6 Å². The van der Waals surface area contributed by atoms with Gasteiger partial charge in [-0.25, -0.2) is 0 Å². The highest BCUT2D eigenvalue weighted by Crippen LogP contribution is 2.21. The van der Waals surface area contributed by atoms with Gasteiger partial charge in [-0.1, -0.05) is 23.8 Å². The molecule has 1 amide bonds. The molecule has 1 aliphatic rings. The summed E-state index contributed by atoms with van der Waals surface area (Å²) in [6, 6.07) is 4.65. The number of nitro benzene ring substituents is 1. The van der Waals surface area contributed by atoms with Crippen LogP contribution in [0.15, 0.2) is 29.8 Å². The van der Waals surface area contributed by atoms with Gasteiger partial charge in [0.1, 0.15) is 5.56 Å². The molecule has 0 aromatic heterocycles. The van der Waals surface area contributed by atoms with Gasteiger partial charge in [0.05, 0.1) is 4.92 Å². The molecule has 112 valence electrons. The van der Waals surface area contributed by atoms with E-state index in [1.807, 2.05) is 0 Å². The third kappa shape index (κ3) is 3.88. The Morgan fingerprint density at radius 1 is 1.48 bits per heavy atom. The molecule has 0 unspecified atom stereocenters. The molecule has 0 radical (unpaired) electrons. The van der Waals surface area contributed by atoms with Crippen LogP contribution in [0, 0.1) is 17.0 Å². The van der Waals surface area contributed by atoms with Crippen molar-refractivity contribution in [3.05, 3.63) is 51.1 Å². The normalized spacial score (nSPS) is 14.4. The molecule has 1 aromatic rings. The zero-order chi connectivity index (χ0) is 15.2. The molecule has 2 rings (SSSR count). The quantitative estimate of drug-likeness (QED) is 0.493. The average molecular weight is 289 g/mol. The predicted octanol–water partition coefficient (Wildman–Crippen LogP) is 1.94. The lowest BCUT2D eigenvalue weighted by atomic mass is 10.0. The van der Waals surface area contributed by atoms with Crippen LogP contribution in [0.1, 0.15) is 28.8 Å². The number of amides is 1. The summed E-state index contributed by atoms with van der Waals surface area (Å²) in [6.45, 7) is 4.03. The van der Waals surface area contributed by atoms with E-state index < -0.39 is 4.92 Å². The summed E-state index contributed by atoms with van der Waals surface area (Å²) in [5.74, 6) is -0.380. The number of hydrogen-bond acceptors (Lipinski definition) is 4. The highest BCUT2D eigenvalue weighted by molar-refractivity contribution is 5.99. The topological polar surface area (TPSA) is 84.3 Å². The number of hydrogen-bond donors (Lipinski definition) is 2. The van der Waals surface area contributed by atoms with Gasteiger partial charge in [0.2, 0.25) is 0 Å². The Kier molecular flexibility index (Phi) is 5.05. The Bertz CT molecular complexity index is 582. The first-order valence-electron chi connectivity index (χ1n) is 7.00. The molecule has 1 aromatic carbocycles. The van der Waals surface area contributed by atoms with Crippen LogP contribution >= 0.6 is 0 Å². The van der Waals surface area contributed by atoms with Crippen molar-refractivity contribution in [1.82, 2.24) is 10.6 Å². The van der Waals surface area contributed by atoms with Crippen molar-refractivity contribution in [3.8, 4) is 0 Å². The molecular weight excluding hydrogens is 270 g/mol. The van der Waals surface area contributed by atoms with E-state index in [9.17, 15) is 14.9 Å². The van der Waals surface area contributed by atoms with Crippen molar-refractivity contribution in [2.45, 2.75) is 19.8 Å². The van der Waals surface area contributed by atoms with Gasteiger partial charge in [-0.05, 0) is 31.9 Å². The molecule has 1 aliphatic heterocycles. The Morgan fingerprint density at radius 2 is 2.29 bits per heavy atom. The highest BCUT2D eigenvalue weighted by Gasteiger charge is 2.21. The maximum Gasteiger partial charge on any atom is 0.282 e. The molecule has 0 spiro atoms. The van der Waals surface area contributed by atoms with E-state index in [2.05, 4.69) is 16.7 Å². The molecular formula is C15H19N3O3. The van der Waals surface area contributed by atoms with E-state index in [0.29, 0.717) is 12.1 Å². The lowest BCUT2D eigenvalue weighted by molar-refractivity contribution is -0.385. The molecule has 6 nitrogen and oxygen atoms in total. The number of nitrogens with zero attached hydrogens (tertiary/aromatic N) is 1. The van der Waals surface area contributed by atoms with Crippen LogP contribution in [0.5, 0.6) is 0 Å². The first-order valence-corrected chi connectivity index (χ1v) is 7.00. The van der Waals surface area contributed by atoms with Gasteiger partial charge >= 0.3 is 0 Å². The lowest BCUT2D eigenvalue weighted by Gasteiger charge is -2.14. The van der Waals surface area contributed by atoms with Crippen LogP contribution in [0.3, 0.4) is 0 Å². The van der Waals surface area contributed by atoms with Crippen molar-refractivity contribution in [1.29, 1.82) is 0 Å². The number of carbonyl (C=O) groups excluding carboxylic acids is 1. The lowest BCUT2D eigenvalue weighted by Crippen LogP contribution is -2.27. The summed E-state index contributed by atoms with van der Waals surface area (Å²) in [5, 5.41) is 17.0. The number of benzene rings is 1. The van der Waals surface area contributed by atoms with Gasteiger partial charge < -0.3 is 10.6 Å². The molecule has 1 heterocycles. The predicted molar refractivity (Wildman–Crippen MR) is 80.4 cm³/mol. The van der Waals surface area contributed by atoms with Crippen molar-refractivity contribution in [3.63, 3.8) is 0 Å². The molecule has 0 fully saturated rings. The van der Waals surface area contributed by atoms with Crippen molar-refractivity contribution in [2.75, 3.05) is 19.6 Å². The zero-order valence-electron chi connectivity index (χ0n) is 12.0. The number of nitrogens with one attached hydrogen (secondary N) is 2. The second-order valence-corrected chi connectivity index (χ2v) is 5.05. The van der Waals surface area contributed by atoms with E-state index >= 15 is 0 Å². The van der Waals surface area contributed by atoms with Crippen LogP contribution in [0.2, 0.25) is 0 Å². The van der Waals surface area contributed by atoms with Crippen LogP contribution in [0.25, 0.3) is 0 Å². The second-order valence-electron chi connectivity index (χ2n) is 5.05. The second kappa shape index (κ2) is 6.99. The first kappa shape index (κ1) is 15.2. The molecule has 0 saturated heterocycles. The minimum absolute atomic E-state index is 0.145. The van der Waals surface area contributed by atoms with E-state index in [1.54, 1.807) is 19.1 Å². The molecule has 0 atom stereocenters. The van der Waals surface area contributed by atoms with Gasteiger partial charge in [0, 0.05) is 19.2 Å². The minimum atomic E-state index is -0.517. The Balaban J connectivity index is 2.00. The summed E-state index contributed by atoms with van der Waals surface area (Å²) < 4.78 is 0. The first-order chi connectivity index (χ1) is 10.1.